The third-order valence-electron chi connectivity index (χ3n) is 1.27. The van der Waals surface area contributed by atoms with Gasteiger partial charge in [-0.25, -0.2) is 0 Å². The van der Waals surface area contributed by atoms with Gasteiger partial charge in [-0.2, -0.15) is 0 Å². The molecule has 0 spiro atoms. The molecule has 0 unspecified atom stereocenters. The smallest absolute Gasteiger partial charge is 0.0871 e. The Balaban J connectivity index is 3.53. The van der Waals surface area contributed by atoms with E-state index in [1.54, 1.807) is 24.3 Å². The molecule has 0 saturated carbocycles. The van der Waals surface area contributed by atoms with Crippen molar-refractivity contribution in [3.8, 4) is 0 Å². The first kappa shape index (κ1) is 6.68. The molecule has 2 N–H and O–H groups in total. The predicted octanol–water partition coefficient (Wildman–Crippen LogP) is 0.279. The number of aliphatic hydroxyl groups excluding tert-OH is 2. The molecule has 0 aliphatic rings. The zero-order chi connectivity index (χ0) is 7.40. The van der Waals surface area contributed by atoms with Crippen LogP contribution in [0, 0.1) is 0 Å². The van der Waals surface area contributed by atoms with Crippen LogP contribution in [0.25, 0.3) is 12.5 Å². The highest BCUT2D eigenvalue weighted by atomic mass is 16.2. The van der Waals surface area contributed by atoms with Crippen molar-refractivity contribution in [3.05, 3.63) is 34.7 Å². The van der Waals surface area contributed by atoms with Crippen LogP contribution in [0.4, 0.5) is 0 Å². The lowest BCUT2D eigenvalue weighted by Crippen LogP contribution is -2.23. The van der Waals surface area contributed by atoms with Gasteiger partial charge in [-0.3, -0.25) is 0 Å². The number of hydrogen-bond donors (Lipinski definition) is 2. The van der Waals surface area contributed by atoms with Crippen molar-refractivity contribution >= 4 is 12.5 Å². The van der Waals surface area contributed by atoms with Crippen LogP contribution in [-0.2, 0) is 0 Å². The summed E-state index contributed by atoms with van der Waals surface area (Å²) in [6, 6.07) is 6.99. The van der Waals surface area contributed by atoms with Gasteiger partial charge in [-0.15, -0.1) is 0 Å². The van der Waals surface area contributed by atoms with Crippen molar-refractivity contribution in [2.24, 2.45) is 0 Å². The Morgan fingerprint density at radius 2 is 1.30 bits per heavy atom. The number of aliphatic hydroxyl groups is 2. The maximum atomic E-state index is 8.59. The predicted molar refractivity (Wildman–Crippen MR) is 39.9 cm³/mol. The van der Waals surface area contributed by atoms with E-state index in [1.165, 1.54) is 0 Å². The molecule has 0 aromatic heterocycles. The molecule has 52 valence electrons. The topological polar surface area (TPSA) is 40.5 Å². The molecule has 1 aromatic carbocycles. The van der Waals surface area contributed by atoms with Crippen LogP contribution in [0.5, 0.6) is 0 Å². The summed E-state index contributed by atoms with van der Waals surface area (Å²) < 4.78 is 0. The molecule has 0 saturated heterocycles. The van der Waals surface area contributed by atoms with Gasteiger partial charge in [-0.05, 0) is 0 Å². The number of hydrogen-bond acceptors (Lipinski definition) is 2. The Labute approximate surface area is 58.4 Å². The van der Waals surface area contributed by atoms with Crippen LogP contribution in [-0.4, -0.2) is 10.2 Å². The van der Waals surface area contributed by atoms with E-state index in [4.69, 9.17) is 10.2 Å². The third-order valence-corrected chi connectivity index (χ3v) is 1.27. The Hall–Kier alpha value is -1.44. The Bertz CT molecular complexity index is 281. The van der Waals surface area contributed by atoms with Gasteiger partial charge in [0.25, 0.3) is 0 Å². The third kappa shape index (κ3) is 1.10. The van der Waals surface area contributed by atoms with Crippen molar-refractivity contribution in [1.82, 2.24) is 0 Å². The van der Waals surface area contributed by atoms with Crippen molar-refractivity contribution in [2.45, 2.75) is 0 Å². The number of rotatable bonds is 0. The highest BCUT2D eigenvalue weighted by Crippen LogP contribution is 1.69. The molecule has 0 aliphatic heterocycles. The fourth-order valence-corrected chi connectivity index (χ4v) is 0.746. The lowest BCUT2D eigenvalue weighted by atomic mass is 10.3. The molecule has 0 heterocycles. The molecule has 2 heteroatoms. The monoisotopic (exact) mass is 136 g/mol. The van der Waals surface area contributed by atoms with Crippen molar-refractivity contribution in [2.75, 3.05) is 0 Å². The molecule has 0 aliphatic carbocycles. The summed E-state index contributed by atoms with van der Waals surface area (Å²) in [5, 5.41) is 18.4. The summed E-state index contributed by atoms with van der Waals surface area (Å²) in [7, 11) is 0. The minimum atomic E-state index is 0.616. The van der Waals surface area contributed by atoms with Gasteiger partial charge in [0.05, 0.1) is 12.5 Å². The fraction of sp³-hybridized carbons (Fsp3) is 0. The molecule has 1 aromatic rings. The van der Waals surface area contributed by atoms with Crippen LogP contribution >= 0.6 is 0 Å². The molecule has 0 radical (unpaired) electrons. The fourth-order valence-electron chi connectivity index (χ4n) is 0.746. The summed E-state index contributed by atoms with van der Waals surface area (Å²) in [5.74, 6) is 0. The van der Waals surface area contributed by atoms with Crippen LogP contribution < -0.4 is 10.4 Å². The molecule has 10 heavy (non-hydrogen) atoms. The lowest BCUT2D eigenvalue weighted by Gasteiger charge is -1.84. The summed E-state index contributed by atoms with van der Waals surface area (Å²) in [5.41, 5.74) is 0. The lowest BCUT2D eigenvalue weighted by molar-refractivity contribution is 0.533. The van der Waals surface area contributed by atoms with Gasteiger partial charge in [0.2, 0.25) is 0 Å². The summed E-state index contributed by atoms with van der Waals surface area (Å²) in [4.78, 5) is 0. The minimum Gasteiger partial charge on any atom is -0.515 e. The molecule has 0 fully saturated rings. The molecule has 2 nitrogen and oxygen atoms in total. The van der Waals surface area contributed by atoms with Crippen molar-refractivity contribution in [3.63, 3.8) is 0 Å². The minimum absolute atomic E-state index is 0.616. The highest BCUT2D eigenvalue weighted by molar-refractivity contribution is 5.22. The zero-order valence-electron chi connectivity index (χ0n) is 5.36. The van der Waals surface area contributed by atoms with Gasteiger partial charge in [0.1, 0.15) is 0 Å². The van der Waals surface area contributed by atoms with Gasteiger partial charge in [0, 0.05) is 10.4 Å². The first-order valence-electron chi connectivity index (χ1n) is 2.92. The van der Waals surface area contributed by atoms with E-state index in [0.717, 1.165) is 12.5 Å². The maximum absolute atomic E-state index is 8.59. The largest absolute Gasteiger partial charge is 0.515 e. The first-order chi connectivity index (χ1) is 4.88. The van der Waals surface area contributed by atoms with Gasteiger partial charge >= 0.3 is 0 Å². The number of benzene rings is 1. The molecular weight excluding hydrogens is 128 g/mol. The standard InChI is InChI=1S/C8H8O2/c9-5-7-3-1-2-4-8(7)6-10/h1-6,9-10H. The quantitative estimate of drug-likeness (QED) is 0.537. The second kappa shape index (κ2) is 2.92. The first-order valence-corrected chi connectivity index (χ1v) is 2.92. The Morgan fingerprint density at radius 1 is 0.900 bits per heavy atom. The molecule has 0 bridgehead atoms. The van der Waals surface area contributed by atoms with E-state index >= 15 is 0 Å². The molecular formula is C8H8O2. The van der Waals surface area contributed by atoms with Crippen LogP contribution in [0.2, 0.25) is 0 Å². The van der Waals surface area contributed by atoms with E-state index in [0.29, 0.717) is 10.4 Å². The van der Waals surface area contributed by atoms with Gasteiger partial charge < -0.3 is 10.2 Å². The normalized spacial score (nSPS) is 14.0. The highest BCUT2D eigenvalue weighted by Gasteiger charge is 1.79. The second-order valence-electron chi connectivity index (χ2n) is 1.89. The van der Waals surface area contributed by atoms with Gasteiger partial charge in [0.15, 0.2) is 0 Å². The van der Waals surface area contributed by atoms with Crippen LogP contribution in [0.15, 0.2) is 24.3 Å². The molecule has 0 amide bonds. The molecule has 1 rings (SSSR count). The summed E-state index contributed by atoms with van der Waals surface area (Å²) in [6.07, 6.45) is 1.92. The van der Waals surface area contributed by atoms with Crippen molar-refractivity contribution in [1.29, 1.82) is 0 Å². The Morgan fingerprint density at radius 3 is 1.60 bits per heavy atom. The summed E-state index contributed by atoms with van der Waals surface area (Å²) >= 11 is 0. The van der Waals surface area contributed by atoms with Gasteiger partial charge in [-0.1, -0.05) is 24.3 Å². The van der Waals surface area contributed by atoms with E-state index in [-0.39, 0.29) is 0 Å². The average molecular weight is 136 g/mol. The summed E-state index contributed by atoms with van der Waals surface area (Å²) in [6.45, 7) is 0. The van der Waals surface area contributed by atoms with Crippen molar-refractivity contribution < 1.29 is 10.2 Å². The average Bonchev–Trinajstić information content (AvgIpc) is 2.04. The Kier molecular flexibility index (Phi) is 1.95. The van der Waals surface area contributed by atoms with E-state index in [1.807, 2.05) is 0 Å². The maximum Gasteiger partial charge on any atom is 0.0871 e. The molecule has 0 atom stereocenters. The van der Waals surface area contributed by atoms with E-state index < -0.39 is 0 Å². The van der Waals surface area contributed by atoms with E-state index in [9.17, 15) is 0 Å². The zero-order valence-corrected chi connectivity index (χ0v) is 5.36. The van der Waals surface area contributed by atoms with Crippen LogP contribution in [0.3, 0.4) is 0 Å². The SMILES string of the molecule is OC=c1ccccc1=CO. The van der Waals surface area contributed by atoms with Crippen LogP contribution in [0.1, 0.15) is 0 Å². The van der Waals surface area contributed by atoms with E-state index in [2.05, 4.69) is 0 Å². The second-order valence-corrected chi connectivity index (χ2v) is 1.89.